The Kier molecular flexibility index (Phi) is 6.82. The average Bonchev–Trinajstić information content (AvgIpc) is 3.08. The fourth-order valence-corrected chi connectivity index (χ4v) is 3.90. The van der Waals surface area contributed by atoms with Gasteiger partial charge in [-0.25, -0.2) is 4.98 Å². The number of aromatic nitrogens is 3. The second kappa shape index (κ2) is 9.80. The van der Waals surface area contributed by atoms with Crippen LogP contribution in [0.15, 0.2) is 48.7 Å². The van der Waals surface area contributed by atoms with Crippen molar-refractivity contribution in [2.75, 3.05) is 43.4 Å². The third kappa shape index (κ3) is 5.19. The Morgan fingerprint density at radius 2 is 1.91 bits per heavy atom. The summed E-state index contributed by atoms with van der Waals surface area (Å²) in [6, 6.07) is 10.6. The highest BCUT2D eigenvalue weighted by molar-refractivity contribution is 6.32. The molecule has 1 fully saturated rings. The molecule has 12 heteroatoms. The number of nitrogens with two attached hydrogens (primary N) is 1. The summed E-state index contributed by atoms with van der Waals surface area (Å²) in [6.45, 7) is 1.61. The van der Waals surface area contributed by atoms with Crippen molar-refractivity contribution in [3.05, 3.63) is 59.4 Å². The largest absolute Gasteiger partial charge is 0.467 e. The van der Waals surface area contributed by atoms with Crippen molar-refractivity contribution in [2.24, 2.45) is 0 Å². The third-order valence-corrected chi connectivity index (χ3v) is 5.68. The number of rotatable bonds is 5. The van der Waals surface area contributed by atoms with Gasteiger partial charge in [-0.1, -0.05) is 23.7 Å². The molecule has 1 aromatic carbocycles. The summed E-state index contributed by atoms with van der Waals surface area (Å²) in [5.41, 5.74) is 5.63. The number of ether oxygens (including phenoxy) is 1. The molecule has 8 nitrogen and oxygen atoms in total. The molecule has 1 aliphatic rings. The monoisotopic (exact) mass is 494 g/mol. The maximum Gasteiger partial charge on any atom is 0.435 e. The molecule has 0 radical (unpaired) electrons. The highest BCUT2D eigenvalue weighted by Gasteiger charge is 2.36. The zero-order valence-corrected chi connectivity index (χ0v) is 18.8. The number of amides is 1. The topological polar surface area (TPSA) is 89.5 Å². The fourth-order valence-electron chi connectivity index (χ4n) is 3.68. The number of carbonyl (C=O) groups excluding carboxylic acids is 1. The number of benzene rings is 1. The van der Waals surface area contributed by atoms with E-state index in [-0.39, 0.29) is 22.5 Å². The number of pyridine rings is 1. The number of nitrogens with zero attached hydrogens (tertiary/aromatic N) is 5. The van der Waals surface area contributed by atoms with Gasteiger partial charge in [-0.15, -0.1) is 0 Å². The minimum atomic E-state index is -4.68. The van der Waals surface area contributed by atoms with Crippen LogP contribution in [0.2, 0.25) is 5.02 Å². The molecule has 3 aromatic rings. The van der Waals surface area contributed by atoms with Crippen molar-refractivity contribution in [3.63, 3.8) is 0 Å². The van der Waals surface area contributed by atoms with Crippen LogP contribution >= 0.6 is 11.6 Å². The van der Waals surface area contributed by atoms with Gasteiger partial charge >= 0.3 is 6.18 Å². The van der Waals surface area contributed by atoms with E-state index >= 15 is 0 Å². The number of anilines is 2. The smallest absolute Gasteiger partial charge is 0.435 e. The predicted molar refractivity (Wildman–Crippen MR) is 121 cm³/mol. The van der Waals surface area contributed by atoms with Gasteiger partial charge in [0.1, 0.15) is 0 Å². The molecule has 1 saturated heterocycles. The molecule has 0 bridgehead atoms. The van der Waals surface area contributed by atoms with Gasteiger partial charge in [-0.2, -0.15) is 23.0 Å². The van der Waals surface area contributed by atoms with Crippen molar-refractivity contribution in [3.8, 4) is 11.6 Å². The SMILES string of the molecule is Nc1cccnc1N1CCCN(C(=O)COc2cc(C(F)(F)F)nn2-c2ccccc2Cl)CC1. The summed E-state index contributed by atoms with van der Waals surface area (Å²) in [6.07, 6.45) is -2.35. The second-order valence-electron chi connectivity index (χ2n) is 7.66. The molecule has 3 heterocycles. The Hall–Kier alpha value is -3.47. The van der Waals surface area contributed by atoms with Crippen molar-refractivity contribution in [1.29, 1.82) is 0 Å². The van der Waals surface area contributed by atoms with Gasteiger partial charge < -0.3 is 20.3 Å². The van der Waals surface area contributed by atoms with Crippen LogP contribution in [0, 0.1) is 0 Å². The third-order valence-electron chi connectivity index (χ3n) is 5.36. The fraction of sp³-hybridized carbons (Fsp3) is 0.318. The van der Waals surface area contributed by atoms with Gasteiger partial charge in [-0.05, 0) is 30.7 Å². The maximum atomic E-state index is 13.3. The van der Waals surface area contributed by atoms with Crippen molar-refractivity contribution in [1.82, 2.24) is 19.7 Å². The van der Waals surface area contributed by atoms with E-state index in [2.05, 4.69) is 10.1 Å². The maximum absolute atomic E-state index is 13.3. The molecule has 0 aliphatic carbocycles. The summed E-state index contributed by atoms with van der Waals surface area (Å²) in [4.78, 5) is 20.8. The van der Waals surface area contributed by atoms with Crippen LogP contribution in [0.3, 0.4) is 0 Å². The Morgan fingerprint density at radius 3 is 2.65 bits per heavy atom. The zero-order chi connectivity index (χ0) is 24.3. The van der Waals surface area contributed by atoms with Crippen LogP contribution in [0.4, 0.5) is 24.7 Å². The van der Waals surface area contributed by atoms with E-state index in [0.717, 1.165) is 10.7 Å². The molecule has 2 aromatic heterocycles. The van der Waals surface area contributed by atoms with E-state index < -0.39 is 18.5 Å². The highest BCUT2D eigenvalue weighted by atomic mass is 35.5. The van der Waals surface area contributed by atoms with Crippen LogP contribution in [0.1, 0.15) is 12.1 Å². The van der Waals surface area contributed by atoms with Gasteiger partial charge in [0.2, 0.25) is 5.88 Å². The number of hydrogen-bond donors (Lipinski definition) is 1. The molecule has 0 unspecified atom stereocenters. The average molecular weight is 495 g/mol. The van der Waals surface area contributed by atoms with Gasteiger partial charge in [-0.3, -0.25) is 4.79 Å². The first-order valence-electron chi connectivity index (χ1n) is 10.5. The molecular formula is C22H22ClF3N6O2. The van der Waals surface area contributed by atoms with E-state index in [1.165, 1.54) is 12.1 Å². The minimum absolute atomic E-state index is 0.192. The van der Waals surface area contributed by atoms with E-state index in [1.54, 1.807) is 35.4 Å². The quantitative estimate of drug-likeness (QED) is 0.582. The number of para-hydroxylation sites is 1. The summed E-state index contributed by atoms with van der Waals surface area (Å²) in [5.74, 6) is 0.0826. The first-order chi connectivity index (χ1) is 16.2. The number of carbonyl (C=O) groups is 1. The van der Waals surface area contributed by atoms with E-state index in [9.17, 15) is 18.0 Å². The van der Waals surface area contributed by atoms with E-state index in [0.29, 0.717) is 44.1 Å². The lowest BCUT2D eigenvalue weighted by Gasteiger charge is -2.23. The number of halogens is 4. The van der Waals surface area contributed by atoms with Crippen LogP contribution in [-0.4, -0.2) is 58.4 Å². The first-order valence-corrected chi connectivity index (χ1v) is 10.9. The molecule has 2 N–H and O–H groups in total. The predicted octanol–water partition coefficient (Wildman–Crippen LogP) is 3.64. The van der Waals surface area contributed by atoms with Crippen molar-refractivity contribution in [2.45, 2.75) is 12.6 Å². The van der Waals surface area contributed by atoms with Gasteiger partial charge in [0.25, 0.3) is 5.91 Å². The highest BCUT2D eigenvalue weighted by Crippen LogP contribution is 2.33. The molecule has 0 saturated carbocycles. The Bertz CT molecular complexity index is 1170. The lowest BCUT2D eigenvalue weighted by atomic mass is 10.3. The summed E-state index contributed by atoms with van der Waals surface area (Å²) in [5, 5.41) is 3.79. The summed E-state index contributed by atoms with van der Waals surface area (Å²) < 4.78 is 46.3. The van der Waals surface area contributed by atoms with Gasteiger partial charge in [0, 0.05) is 38.4 Å². The van der Waals surface area contributed by atoms with Crippen LogP contribution in [-0.2, 0) is 11.0 Å². The number of hydrogen-bond acceptors (Lipinski definition) is 6. The van der Waals surface area contributed by atoms with Crippen molar-refractivity contribution >= 4 is 29.0 Å². The van der Waals surface area contributed by atoms with Crippen molar-refractivity contribution < 1.29 is 22.7 Å². The molecule has 1 aliphatic heterocycles. The number of alkyl halides is 3. The second-order valence-corrected chi connectivity index (χ2v) is 8.06. The lowest BCUT2D eigenvalue weighted by molar-refractivity contribution is -0.141. The summed E-state index contributed by atoms with van der Waals surface area (Å²) in [7, 11) is 0. The molecule has 34 heavy (non-hydrogen) atoms. The first kappa shape index (κ1) is 23.7. The zero-order valence-electron chi connectivity index (χ0n) is 18.0. The van der Waals surface area contributed by atoms with E-state index in [1.807, 2.05) is 4.90 Å². The minimum Gasteiger partial charge on any atom is -0.467 e. The normalized spacial score (nSPS) is 14.7. The lowest BCUT2D eigenvalue weighted by Crippen LogP contribution is -2.38. The van der Waals surface area contributed by atoms with Gasteiger partial charge in [0.15, 0.2) is 18.1 Å². The summed E-state index contributed by atoms with van der Waals surface area (Å²) >= 11 is 6.14. The Labute approximate surface area is 198 Å². The van der Waals surface area contributed by atoms with E-state index in [4.69, 9.17) is 22.1 Å². The Balaban J connectivity index is 1.46. The number of nitrogen functional groups attached to an aromatic ring is 1. The molecule has 0 atom stereocenters. The molecule has 180 valence electrons. The van der Waals surface area contributed by atoms with Crippen LogP contribution in [0.25, 0.3) is 5.69 Å². The van der Waals surface area contributed by atoms with Crippen LogP contribution in [0.5, 0.6) is 5.88 Å². The standard InChI is InChI=1S/C22H22ClF3N6O2/c23-15-5-1-2-7-17(15)32-20(13-18(29-32)22(24,25)26)34-14-19(33)30-9-4-10-31(12-11-30)21-16(27)6-3-8-28-21/h1-3,5-8,13H,4,9-12,14,27H2. The Morgan fingerprint density at radius 1 is 1.12 bits per heavy atom. The van der Waals surface area contributed by atoms with Gasteiger partial charge in [0.05, 0.1) is 16.4 Å². The molecule has 1 amide bonds. The van der Waals surface area contributed by atoms with Crippen LogP contribution < -0.4 is 15.4 Å². The molecule has 4 rings (SSSR count). The molecular weight excluding hydrogens is 473 g/mol. The molecule has 0 spiro atoms.